The maximum Gasteiger partial charge on any atom is 0.276 e. The second kappa shape index (κ2) is 8.13. The van der Waals surface area contributed by atoms with Crippen LogP contribution in [0, 0.1) is 23.3 Å². The third-order valence-electron chi connectivity index (χ3n) is 3.98. The fourth-order valence-electron chi connectivity index (χ4n) is 2.41. The first-order valence-electron chi connectivity index (χ1n) is 8.32. The van der Waals surface area contributed by atoms with Crippen molar-refractivity contribution in [1.29, 1.82) is 0 Å². The van der Waals surface area contributed by atoms with E-state index in [0.717, 1.165) is 41.1 Å². The summed E-state index contributed by atoms with van der Waals surface area (Å²) in [5, 5.41) is 8.34. The maximum absolute atomic E-state index is 13.7. The van der Waals surface area contributed by atoms with Crippen molar-refractivity contribution in [3.8, 4) is 0 Å². The molecular weight excluding hydrogens is 392 g/mol. The molecule has 0 radical (unpaired) electrons. The molecule has 0 aliphatic carbocycles. The minimum Gasteiger partial charge on any atom is -0.322 e. The standard InChI is InChI=1S/C19H14F4N4O2/c1-10(18(28)24-16-8-11(20)2-4-13(16)22)27-7-6-15(26-27)19(29)25-17-9-12(21)3-5-14(17)23/h2-10H,1H3,(H,24,28)(H,25,29)/t10-/m0/s1. The summed E-state index contributed by atoms with van der Waals surface area (Å²) < 4.78 is 54.8. The smallest absolute Gasteiger partial charge is 0.276 e. The molecule has 6 nitrogen and oxygen atoms in total. The van der Waals surface area contributed by atoms with Gasteiger partial charge in [0.15, 0.2) is 5.69 Å². The molecule has 0 saturated heterocycles. The minimum absolute atomic E-state index is 0.162. The molecule has 2 amide bonds. The molecule has 2 aromatic carbocycles. The van der Waals surface area contributed by atoms with Gasteiger partial charge in [-0.1, -0.05) is 0 Å². The lowest BCUT2D eigenvalue weighted by molar-refractivity contribution is -0.119. The first-order chi connectivity index (χ1) is 13.7. The average molecular weight is 406 g/mol. The van der Waals surface area contributed by atoms with Gasteiger partial charge in [0, 0.05) is 18.3 Å². The van der Waals surface area contributed by atoms with Gasteiger partial charge < -0.3 is 10.6 Å². The number of carbonyl (C=O) groups excluding carboxylic acids is 2. The first-order valence-corrected chi connectivity index (χ1v) is 8.32. The zero-order valence-electron chi connectivity index (χ0n) is 14.9. The molecule has 1 atom stereocenters. The van der Waals surface area contributed by atoms with Crippen molar-refractivity contribution in [1.82, 2.24) is 9.78 Å². The Kier molecular flexibility index (Phi) is 5.62. The highest BCUT2D eigenvalue weighted by Gasteiger charge is 2.20. The van der Waals surface area contributed by atoms with Crippen LogP contribution in [-0.4, -0.2) is 21.6 Å². The van der Waals surface area contributed by atoms with E-state index in [1.807, 2.05) is 0 Å². The highest BCUT2D eigenvalue weighted by Crippen LogP contribution is 2.19. The monoisotopic (exact) mass is 406 g/mol. The van der Waals surface area contributed by atoms with Crippen molar-refractivity contribution in [2.24, 2.45) is 0 Å². The van der Waals surface area contributed by atoms with Crippen LogP contribution in [0.1, 0.15) is 23.5 Å². The molecule has 0 unspecified atom stereocenters. The molecule has 0 saturated carbocycles. The Morgan fingerprint density at radius 3 is 2.03 bits per heavy atom. The number of rotatable bonds is 5. The fraction of sp³-hybridized carbons (Fsp3) is 0.105. The summed E-state index contributed by atoms with van der Waals surface area (Å²) in [5.41, 5.74) is -0.865. The SMILES string of the molecule is C[C@@H](C(=O)Nc1cc(F)ccc1F)n1ccc(C(=O)Nc2cc(F)ccc2F)n1. The van der Waals surface area contributed by atoms with Crippen LogP contribution < -0.4 is 10.6 Å². The molecular formula is C19H14F4N4O2. The molecule has 0 spiro atoms. The molecule has 0 bridgehead atoms. The quantitative estimate of drug-likeness (QED) is 0.632. The Hall–Kier alpha value is -3.69. The van der Waals surface area contributed by atoms with Crippen LogP contribution in [-0.2, 0) is 4.79 Å². The Morgan fingerprint density at radius 1 is 0.897 bits per heavy atom. The van der Waals surface area contributed by atoms with Gasteiger partial charge in [0.1, 0.15) is 29.3 Å². The molecule has 10 heteroatoms. The summed E-state index contributed by atoms with van der Waals surface area (Å²) in [5.74, 6) is -4.63. The van der Waals surface area contributed by atoms with E-state index in [4.69, 9.17) is 0 Å². The van der Waals surface area contributed by atoms with E-state index in [9.17, 15) is 27.2 Å². The van der Waals surface area contributed by atoms with Crippen molar-refractivity contribution in [3.63, 3.8) is 0 Å². The predicted octanol–water partition coefficient (Wildman–Crippen LogP) is 3.89. The summed E-state index contributed by atoms with van der Waals surface area (Å²) in [6.45, 7) is 1.42. The van der Waals surface area contributed by atoms with Crippen LogP contribution >= 0.6 is 0 Å². The number of carbonyl (C=O) groups is 2. The number of hydrogen-bond acceptors (Lipinski definition) is 3. The summed E-state index contributed by atoms with van der Waals surface area (Å²) in [4.78, 5) is 24.5. The van der Waals surface area contributed by atoms with Crippen LogP contribution in [0.3, 0.4) is 0 Å². The molecule has 29 heavy (non-hydrogen) atoms. The second-order valence-electron chi connectivity index (χ2n) is 6.05. The highest BCUT2D eigenvalue weighted by molar-refractivity contribution is 6.03. The van der Waals surface area contributed by atoms with E-state index in [2.05, 4.69) is 15.7 Å². The fourth-order valence-corrected chi connectivity index (χ4v) is 2.41. The largest absolute Gasteiger partial charge is 0.322 e. The molecule has 3 aromatic rings. The number of nitrogens with one attached hydrogen (secondary N) is 2. The molecule has 1 heterocycles. The van der Waals surface area contributed by atoms with Gasteiger partial charge >= 0.3 is 0 Å². The number of halogens is 4. The average Bonchev–Trinajstić information content (AvgIpc) is 3.17. The zero-order chi connectivity index (χ0) is 21.1. The Balaban J connectivity index is 1.71. The highest BCUT2D eigenvalue weighted by atomic mass is 19.1. The lowest BCUT2D eigenvalue weighted by atomic mass is 10.2. The Morgan fingerprint density at radius 2 is 1.45 bits per heavy atom. The first kappa shape index (κ1) is 20.1. The van der Waals surface area contributed by atoms with Gasteiger partial charge in [0.05, 0.1) is 11.4 Å². The van der Waals surface area contributed by atoms with E-state index in [1.165, 1.54) is 19.2 Å². The number of anilines is 2. The predicted molar refractivity (Wildman–Crippen MR) is 96.2 cm³/mol. The lowest BCUT2D eigenvalue weighted by Crippen LogP contribution is -2.25. The van der Waals surface area contributed by atoms with Crippen LogP contribution in [0.4, 0.5) is 28.9 Å². The molecule has 1 aromatic heterocycles. The van der Waals surface area contributed by atoms with E-state index in [1.54, 1.807) is 0 Å². The van der Waals surface area contributed by atoms with E-state index in [-0.39, 0.29) is 17.1 Å². The van der Waals surface area contributed by atoms with Gasteiger partial charge in [-0.05, 0) is 37.3 Å². The van der Waals surface area contributed by atoms with Crippen LogP contribution in [0.2, 0.25) is 0 Å². The van der Waals surface area contributed by atoms with Crippen molar-refractivity contribution < 1.29 is 27.2 Å². The van der Waals surface area contributed by atoms with E-state index < -0.39 is 41.1 Å². The van der Waals surface area contributed by atoms with Crippen molar-refractivity contribution in [2.45, 2.75) is 13.0 Å². The topological polar surface area (TPSA) is 76.0 Å². The van der Waals surface area contributed by atoms with Gasteiger partial charge in [-0.15, -0.1) is 0 Å². The summed E-state index contributed by atoms with van der Waals surface area (Å²) >= 11 is 0. The van der Waals surface area contributed by atoms with Crippen molar-refractivity contribution in [2.75, 3.05) is 10.6 Å². The molecule has 150 valence electrons. The van der Waals surface area contributed by atoms with E-state index >= 15 is 0 Å². The third kappa shape index (κ3) is 4.60. The van der Waals surface area contributed by atoms with Gasteiger partial charge in [0.25, 0.3) is 5.91 Å². The van der Waals surface area contributed by atoms with Gasteiger partial charge in [0.2, 0.25) is 5.91 Å². The van der Waals surface area contributed by atoms with Gasteiger partial charge in [-0.25, -0.2) is 17.6 Å². The summed E-state index contributed by atoms with van der Waals surface area (Å²) in [6.07, 6.45) is 1.31. The summed E-state index contributed by atoms with van der Waals surface area (Å²) in [6, 6.07) is 5.47. The van der Waals surface area contributed by atoms with Crippen molar-refractivity contribution >= 4 is 23.2 Å². The number of benzene rings is 2. The molecule has 3 rings (SSSR count). The zero-order valence-corrected chi connectivity index (χ0v) is 14.9. The van der Waals surface area contributed by atoms with Gasteiger partial charge in [-0.2, -0.15) is 5.10 Å². The molecule has 2 N–H and O–H groups in total. The minimum atomic E-state index is -0.981. The van der Waals surface area contributed by atoms with E-state index in [0.29, 0.717) is 0 Å². The molecule has 0 aliphatic heterocycles. The van der Waals surface area contributed by atoms with Crippen LogP contribution in [0.15, 0.2) is 48.7 Å². The Labute approximate surface area is 162 Å². The Bertz CT molecular complexity index is 1080. The normalized spacial score (nSPS) is 11.8. The third-order valence-corrected chi connectivity index (χ3v) is 3.98. The lowest BCUT2D eigenvalue weighted by Gasteiger charge is -2.13. The van der Waals surface area contributed by atoms with Crippen LogP contribution in [0.5, 0.6) is 0 Å². The molecule has 0 aliphatic rings. The maximum atomic E-state index is 13.7. The second-order valence-corrected chi connectivity index (χ2v) is 6.05. The van der Waals surface area contributed by atoms with Gasteiger partial charge in [-0.3, -0.25) is 14.3 Å². The number of aromatic nitrogens is 2. The van der Waals surface area contributed by atoms with Crippen LogP contribution in [0.25, 0.3) is 0 Å². The molecule has 0 fully saturated rings. The number of nitrogens with zero attached hydrogens (tertiary/aromatic N) is 2. The summed E-state index contributed by atoms with van der Waals surface area (Å²) in [7, 11) is 0. The number of amides is 2. The number of hydrogen-bond donors (Lipinski definition) is 2. The van der Waals surface area contributed by atoms with Crippen molar-refractivity contribution in [3.05, 3.63) is 77.6 Å².